The second-order valence-electron chi connectivity index (χ2n) is 10.0. The molecule has 1 aromatic heterocycles. The minimum atomic E-state index is -0.0235. The minimum absolute atomic E-state index is 0.0235. The Morgan fingerprint density at radius 2 is 1.48 bits per heavy atom. The summed E-state index contributed by atoms with van der Waals surface area (Å²) in [5.41, 5.74) is 9.19. The Kier molecular flexibility index (Phi) is 6.24. The lowest BCUT2D eigenvalue weighted by atomic mass is 9.84. The Labute approximate surface area is 200 Å². The molecule has 0 aliphatic carbocycles. The molecule has 1 heterocycles. The first-order valence-electron chi connectivity index (χ1n) is 11.4. The van der Waals surface area contributed by atoms with E-state index in [1.807, 2.05) is 24.3 Å². The van der Waals surface area contributed by atoms with E-state index in [0.29, 0.717) is 5.39 Å². The summed E-state index contributed by atoms with van der Waals surface area (Å²) in [7, 11) is 0. The van der Waals surface area contributed by atoms with Gasteiger partial charge in [0.2, 0.25) is 0 Å². The molecule has 0 saturated carbocycles. The van der Waals surface area contributed by atoms with E-state index >= 15 is 0 Å². The van der Waals surface area contributed by atoms with Crippen molar-refractivity contribution < 1.29 is 0 Å². The maximum Gasteiger partial charge on any atom is 0.266 e. The van der Waals surface area contributed by atoms with Crippen LogP contribution in [0, 0.1) is 27.7 Å². The maximum atomic E-state index is 13.6. The average Bonchev–Trinajstić information content (AvgIpc) is 2.71. The number of nitrogens with zero attached hydrogens (tertiary/aromatic N) is 2. The van der Waals surface area contributed by atoms with Crippen molar-refractivity contribution in [2.75, 3.05) is 0 Å². The fourth-order valence-electron chi connectivity index (χ4n) is 4.31. The summed E-state index contributed by atoms with van der Waals surface area (Å²) in [4.78, 5) is 18.5. The number of para-hydroxylation sites is 1. The molecule has 170 valence electrons. The highest BCUT2D eigenvalue weighted by Crippen LogP contribution is 2.31. The zero-order valence-electron chi connectivity index (χ0n) is 20.6. The fraction of sp³-hybridized carbons (Fsp3) is 0.310. The van der Waals surface area contributed by atoms with Gasteiger partial charge in [0.1, 0.15) is 0 Å². The number of fused-ring (bicyclic) bond motifs is 1. The molecular weight excluding hydrogens is 424 g/mol. The van der Waals surface area contributed by atoms with E-state index in [9.17, 15) is 4.79 Å². The predicted molar refractivity (Wildman–Crippen MR) is 141 cm³/mol. The third-order valence-corrected chi connectivity index (χ3v) is 7.08. The highest BCUT2D eigenvalue weighted by molar-refractivity contribution is 7.98. The lowest BCUT2D eigenvalue weighted by molar-refractivity contribution is 0.589. The Hall–Kier alpha value is -2.85. The second-order valence-corrected chi connectivity index (χ2v) is 11.0. The van der Waals surface area contributed by atoms with Crippen LogP contribution in [0.1, 0.15) is 54.2 Å². The van der Waals surface area contributed by atoms with Crippen molar-refractivity contribution >= 4 is 22.7 Å². The molecule has 4 aromatic rings. The van der Waals surface area contributed by atoms with E-state index in [-0.39, 0.29) is 11.0 Å². The zero-order valence-corrected chi connectivity index (χ0v) is 21.4. The summed E-state index contributed by atoms with van der Waals surface area (Å²) in [5, 5.41) is 1.37. The van der Waals surface area contributed by atoms with Gasteiger partial charge in [-0.3, -0.25) is 9.36 Å². The van der Waals surface area contributed by atoms with Crippen LogP contribution >= 0.6 is 11.8 Å². The van der Waals surface area contributed by atoms with Gasteiger partial charge in [-0.25, -0.2) is 4.98 Å². The number of aryl methyl sites for hydroxylation is 4. The molecule has 0 saturated heterocycles. The molecule has 4 rings (SSSR count). The molecule has 0 spiro atoms. The van der Waals surface area contributed by atoms with Crippen molar-refractivity contribution in [3.63, 3.8) is 0 Å². The molecule has 4 heteroatoms. The molecule has 0 fully saturated rings. The molecule has 0 amide bonds. The second kappa shape index (κ2) is 8.83. The van der Waals surface area contributed by atoms with E-state index in [0.717, 1.165) is 33.2 Å². The highest BCUT2D eigenvalue weighted by Gasteiger charge is 2.18. The minimum Gasteiger partial charge on any atom is -0.268 e. The van der Waals surface area contributed by atoms with Crippen LogP contribution in [-0.4, -0.2) is 9.55 Å². The average molecular weight is 457 g/mol. The zero-order chi connectivity index (χ0) is 23.9. The Morgan fingerprint density at radius 3 is 2.09 bits per heavy atom. The molecule has 0 aliphatic rings. The van der Waals surface area contributed by atoms with Crippen molar-refractivity contribution in [1.29, 1.82) is 0 Å². The van der Waals surface area contributed by atoms with Gasteiger partial charge in [0, 0.05) is 5.75 Å². The van der Waals surface area contributed by atoms with E-state index in [1.54, 1.807) is 16.3 Å². The van der Waals surface area contributed by atoms with E-state index in [1.165, 1.54) is 22.3 Å². The standard InChI is InChI=1S/C29H32N2OS/c1-18-12-19(2)14-23(13-18)31-27(32)24-10-8-9-11-26(24)30-28(31)33-17-25-20(3)15-22(16-21(25)4)29(5,6)7/h8-16H,17H2,1-7H3. The quantitative estimate of drug-likeness (QED) is 0.240. The first-order valence-corrected chi connectivity index (χ1v) is 12.4. The van der Waals surface area contributed by atoms with E-state index in [2.05, 4.69) is 78.8 Å². The molecule has 0 atom stereocenters. The lowest BCUT2D eigenvalue weighted by Crippen LogP contribution is -2.22. The Morgan fingerprint density at radius 1 is 0.879 bits per heavy atom. The van der Waals surface area contributed by atoms with Gasteiger partial charge in [-0.05, 0) is 90.8 Å². The van der Waals surface area contributed by atoms with Gasteiger partial charge < -0.3 is 0 Å². The molecule has 0 N–H and O–H groups in total. The Bertz CT molecular complexity index is 1370. The summed E-state index contributed by atoms with van der Waals surface area (Å²) in [5.74, 6) is 0.762. The Balaban J connectivity index is 1.82. The smallest absolute Gasteiger partial charge is 0.266 e. The van der Waals surface area contributed by atoms with Gasteiger partial charge >= 0.3 is 0 Å². The van der Waals surface area contributed by atoms with Crippen molar-refractivity contribution in [1.82, 2.24) is 9.55 Å². The number of thioether (sulfide) groups is 1. The van der Waals surface area contributed by atoms with Gasteiger partial charge in [0.25, 0.3) is 5.56 Å². The number of hydrogen-bond donors (Lipinski definition) is 0. The summed E-state index contributed by atoms with van der Waals surface area (Å²) in [6, 6.07) is 18.4. The SMILES string of the molecule is Cc1cc(C)cc(-n2c(SCc3c(C)cc(C(C)(C)C)cc3C)nc3ccccc3c2=O)c1. The number of rotatable bonds is 4. The summed E-state index contributed by atoms with van der Waals surface area (Å²) >= 11 is 1.63. The van der Waals surface area contributed by atoms with Crippen LogP contribution in [0.25, 0.3) is 16.6 Å². The summed E-state index contributed by atoms with van der Waals surface area (Å²) < 4.78 is 1.78. The molecule has 33 heavy (non-hydrogen) atoms. The summed E-state index contributed by atoms with van der Waals surface area (Å²) in [6.45, 7) is 15.2. The van der Waals surface area contributed by atoms with Crippen LogP contribution < -0.4 is 5.56 Å². The monoisotopic (exact) mass is 456 g/mol. The normalized spacial score (nSPS) is 11.8. The topological polar surface area (TPSA) is 34.9 Å². The third kappa shape index (κ3) is 4.77. The van der Waals surface area contributed by atoms with Crippen LogP contribution in [0.4, 0.5) is 0 Å². The molecule has 0 bridgehead atoms. The van der Waals surface area contributed by atoms with Gasteiger partial charge in [-0.15, -0.1) is 0 Å². The highest BCUT2D eigenvalue weighted by atomic mass is 32.2. The van der Waals surface area contributed by atoms with Crippen LogP contribution in [0.5, 0.6) is 0 Å². The van der Waals surface area contributed by atoms with Crippen molar-refractivity contribution in [2.24, 2.45) is 0 Å². The largest absolute Gasteiger partial charge is 0.268 e. The molecule has 3 nitrogen and oxygen atoms in total. The van der Waals surface area contributed by atoms with Crippen LogP contribution in [0.15, 0.2) is 64.5 Å². The van der Waals surface area contributed by atoms with Gasteiger partial charge in [0.05, 0.1) is 16.6 Å². The number of aromatic nitrogens is 2. The van der Waals surface area contributed by atoms with Crippen LogP contribution in [0.2, 0.25) is 0 Å². The number of benzene rings is 3. The van der Waals surface area contributed by atoms with Gasteiger partial charge in [-0.1, -0.05) is 62.9 Å². The van der Waals surface area contributed by atoms with E-state index in [4.69, 9.17) is 4.98 Å². The third-order valence-electron chi connectivity index (χ3n) is 6.12. The maximum absolute atomic E-state index is 13.6. The number of hydrogen-bond acceptors (Lipinski definition) is 3. The molecule has 0 aliphatic heterocycles. The fourth-order valence-corrected chi connectivity index (χ4v) is 5.52. The van der Waals surface area contributed by atoms with Gasteiger partial charge in [-0.2, -0.15) is 0 Å². The van der Waals surface area contributed by atoms with Crippen molar-refractivity contribution in [2.45, 2.75) is 64.8 Å². The van der Waals surface area contributed by atoms with Crippen LogP contribution in [-0.2, 0) is 11.2 Å². The molecule has 0 unspecified atom stereocenters. The predicted octanol–water partition coefficient (Wildman–Crippen LogP) is 7.21. The van der Waals surface area contributed by atoms with E-state index < -0.39 is 0 Å². The van der Waals surface area contributed by atoms with Crippen molar-refractivity contribution in [3.05, 3.63) is 98.3 Å². The van der Waals surface area contributed by atoms with Crippen LogP contribution in [0.3, 0.4) is 0 Å². The van der Waals surface area contributed by atoms with Gasteiger partial charge in [0.15, 0.2) is 5.16 Å². The first-order chi connectivity index (χ1) is 15.5. The molecule has 3 aromatic carbocycles. The molecular formula is C29H32N2OS. The molecule has 0 radical (unpaired) electrons. The first kappa shape index (κ1) is 23.3. The summed E-state index contributed by atoms with van der Waals surface area (Å²) in [6.07, 6.45) is 0. The lowest BCUT2D eigenvalue weighted by Gasteiger charge is -2.22. The van der Waals surface area contributed by atoms with Crippen molar-refractivity contribution in [3.8, 4) is 5.69 Å².